The molecule has 0 aliphatic carbocycles. The zero-order valence-corrected chi connectivity index (χ0v) is 14.2. The van der Waals surface area contributed by atoms with Crippen LogP contribution in [-0.4, -0.2) is 5.78 Å². The molecule has 1 N–H and O–H groups in total. The molecule has 1 heterocycles. The standard InChI is InChI=1S/C22H15F2NO2/c23-16-9-5-14(6-10-16)13-25-20-18-3-1-2-4-19(18)27-22(20)21(26)15-7-11-17(24)12-8-15/h1-12,25H,13H2. The van der Waals surface area contributed by atoms with Gasteiger partial charge in [0, 0.05) is 17.5 Å². The summed E-state index contributed by atoms with van der Waals surface area (Å²) >= 11 is 0. The summed E-state index contributed by atoms with van der Waals surface area (Å²) in [6.45, 7) is 0.396. The van der Waals surface area contributed by atoms with Crippen molar-refractivity contribution in [1.82, 2.24) is 0 Å². The summed E-state index contributed by atoms with van der Waals surface area (Å²) in [5.74, 6) is -0.900. The maximum atomic E-state index is 13.2. The normalized spacial score (nSPS) is 10.9. The number of benzene rings is 3. The van der Waals surface area contributed by atoms with E-state index in [1.54, 1.807) is 18.2 Å². The van der Waals surface area contributed by atoms with Gasteiger partial charge in [0.1, 0.15) is 17.2 Å². The van der Waals surface area contributed by atoms with Crippen LogP contribution in [0.25, 0.3) is 11.0 Å². The Morgan fingerprint density at radius 2 is 1.48 bits per heavy atom. The molecule has 0 bridgehead atoms. The van der Waals surface area contributed by atoms with Crippen LogP contribution in [-0.2, 0) is 6.54 Å². The number of fused-ring (bicyclic) bond motifs is 1. The van der Waals surface area contributed by atoms with Gasteiger partial charge in [-0.15, -0.1) is 0 Å². The number of rotatable bonds is 5. The van der Waals surface area contributed by atoms with E-state index in [2.05, 4.69) is 5.32 Å². The van der Waals surface area contributed by atoms with Crippen LogP contribution in [0, 0.1) is 11.6 Å². The number of hydrogen-bond acceptors (Lipinski definition) is 3. The maximum absolute atomic E-state index is 13.2. The van der Waals surface area contributed by atoms with Gasteiger partial charge in [-0.25, -0.2) is 8.78 Å². The number of halogens is 2. The van der Waals surface area contributed by atoms with Gasteiger partial charge in [0.25, 0.3) is 0 Å². The van der Waals surface area contributed by atoms with Crippen LogP contribution in [0.4, 0.5) is 14.5 Å². The fourth-order valence-corrected chi connectivity index (χ4v) is 2.91. The lowest BCUT2D eigenvalue weighted by molar-refractivity contribution is 0.101. The molecule has 0 atom stereocenters. The molecule has 27 heavy (non-hydrogen) atoms. The van der Waals surface area contributed by atoms with Gasteiger partial charge in [-0.1, -0.05) is 24.3 Å². The van der Waals surface area contributed by atoms with Crippen LogP contribution >= 0.6 is 0 Å². The third-order valence-electron chi connectivity index (χ3n) is 4.29. The van der Waals surface area contributed by atoms with Crippen molar-refractivity contribution >= 4 is 22.4 Å². The third kappa shape index (κ3) is 3.44. The van der Waals surface area contributed by atoms with Gasteiger partial charge in [0.2, 0.25) is 5.78 Å². The monoisotopic (exact) mass is 363 g/mol. The molecule has 0 aliphatic heterocycles. The summed E-state index contributed by atoms with van der Waals surface area (Å²) in [7, 11) is 0. The highest BCUT2D eigenvalue weighted by Gasteiger charge is 2.21. The fraction of sp³-hybridized carbons (Fsp3) is 0.0455. The van der Waals surface area contributed by atoms with E-state index in [0.717, 1.165) is 10.9 Å². The van der Waals surface area contributed by atoms with Crippen LogP contribution < -0.4 is 5.32 Å². The van der Waals surface area contributed by atoms with E-state index < -0.39 is 5.82 Å². The van der Waals surface area contributed by atoms with Gasteiger partial charge in [-0.3, -0.25) is 4.79 Å². The Labute approximate surface area is 154 Å². The third-order valence-corrected chi connectivity index (χ3v) is 4.29. The molecule has 4 rings (SSSR count). The van der Waals surface area contributed by atoms with E-state index in [0.29, 0.717) is 23.4 Å². The Morgan fingerprint density at radius 1 is 0.852 bits per heavy atom. The molecule has 0 unspecified atom stereocenters. The van der Waals surface area contributed by atoms with Crippen molar-refractivity contribution in [3.05, 3.63) is 101 Å². The number of para-hydroxylation sites is 1. The molecule has 0 saturated heterocycles. The van der Waals surface area contributed by atoms with Gasteiger partial charge in [-0.05, 0) is 54.1 Å². The molecular weight excluding hydrogens is 348 g/mol. The maximum Gasteiger partial charge on any atom is 0.230 e. The van der Waals surface area contributed by atoms with Gasteiger partial charge in [0.05, 0.1) is 5.69 Å². The zero-order valence-electron chi connectivity index (χ0n) is 14.2. The number of carbonyl (C=O) groups excluding carboxylic acids is 1. The minimum absolute atomic E-state index is 0.157. The molecule has 0 spiro atoms. The molecular formula is C22H15F2NO2. The molecule has 3 aromatic carbocycles. The van der Waals surface area contributed by atoms with Crippen molar-refractivity contribution in [3.63, 3.8) is 0 Å². The second kappa shape index (κ2) is 7.03. The van der Waals surface area contributed by atoms with Crippen LogP contribution in [0.5, 0.6) is 0 Å². The molecule has 5 heteroatoms. The van der Waals surface area contributed by atoms with Crippen molar-refractivity contribution in [3.8, 4) is 0 Å². The average molecular weight is 363 g/mol. The predicted molar refractivity (Wildman–Crippen MR) is 99.8 cm³/mol. The van der Waals surface area contributed by atoms with Crippen molar-refractivity contribution in [1.29, 1.82) is 0 Å². The summed E-state index contributed by atoms with van der Waals surface area (Å²) in [5.41, 5.74) is 2.33. The molecule has 4 aromatic rings. The summed E-state index contributed by atoms with van der Waals surface area (Å²) in [4.78, 5) is 12.9. The summed E-state index contributed by atoms with van der Waals surface area (Å²) in [6, 6.07) is 18.7. The quantitative estimate of drug-likeness (QED) is 0.473. The Bertz CT molecular complexity index is 1100. The molecule has 3 nitrogen and oxygen atoms in total. The Hall–Kier alpha value is -3.47. The topological polar surface area (TPSA) is 42.2 Å². The first-order valence-corrected chi connectivity index (χ1v) is 8.42. The molecule has 0 saturated carbocycles. The van der Waals surface area contributed by atoms with E-state index in [1.165, 1.54) is 36.4 Å². The molecule has 1 aromatic heterocycles. The van der Waals surface area contributed by atoms with Gasteiger partial charge in [-0.2, -0.15) is 0 Å². The van der Waals surface area contributed by atoms with Gasteiger partial charge >= 0.3 is 0 Å². The van der Waals surface area contributed by atoms with E-state index >= 15 is 0 Å². The number of nitrogens with one attached hydrogen (secondary N) is 1. The lowest BCUT2D eigenvalue weighted by Gasteiger charge is -2.07. The van der Waals surface area contributed by atoms with E-state index in [1.807, 2.05) is 18.2 Å². The predicted octanol–water partition coefficient (Wildman–Crippen LogP) is 5.55. The van der Waals surface area contributed by atoms with Crippen LogP contribution in [0.3, 0.4) is 0 Å². The van der Waals surface area contributed by atoms with E-state index in [4.69, 9.17) is 4.42 Å². The van der Waals surface area contributed by atoms with E-state index in [9.17, 15) is 13.6 Å². The molecule has 0 aliphatic rings. The molecule has 0 radical (unpaired) electrons. The van der Waals surface area contributed by atoms with Gasteiger partial charge < -0.3 is 9.73 Å². The number of anilines is 1. The van der Waals surface area contributed by atoms with Crippen LogP contribution in [0.15, 0.2) is 77.2 Å². The number of ketones is 1. The SMILES string of the molecule is O=C(c1ccc(F)cc1)c1oc2ccccc2c1NCc1ccc(F)cc1. The summed E-state index contributed by atoms with van der Waals surface area (Å²) < 4.78 is 32.0. The Balaban J connectivity index is 1.71. The van der Waals surface area contributed by atoms with Crippen LogP contribution in [0.2, 0.25) is 0 Å². The summed E-state index contributed by atoms with van der Waals surface area (Å²) in [5, 5.41) is 3.99. The van der Waals surface area contributed by atoms with Crippen molar-refractivity contribution in [2.45, 2.75) is 6.54 Å². The molecule has 0 amide bonds. The average Bonchev–Trinajstić information content (AvgIpc) is 3.06. The van der Waals surface area contributed by atoms with Crippen molar-refractivity contribution in [2.75, 3.05) is 5.32 Å². The first kappa shape index (κ1) is 17.0. The Kier molecular flexibility index (Phi) is 4.42. The lowest BCUT2D eigenvalue weighted by Crippen LogP contribution is -2.06. The Morgan fingerprint density at radius 3 is 2.19 bits per heavy atom. The van der Waals surface area contributed by atoms with Crippen LogP contribution in [0.1, 0.15) is 21.7 Å². The highest BCUT2D eigenvalue weighted by Crippen LogP contribution is 2.33. The number of furan rings is 1. The highest BCUT2D eigenvalue weighted by molar-refractivity contribution is 6.14. The largest absolute Gasteiger partial charge is 0.450 e. The minimum atomic E-state index is -0.411. The molecule has 134 valence electrons. The minimum Gasteiger partial charge on any atom is -0.450 e. The second-order valence-corrected chi connectivity index (χ2v) is 6.12. The fourth-order valence-electron chi connectivity index (χ4n) is 2.91. The lowest BCUT2D eigenvalue weighted by atomic mass is 10.1. The second-order valence-electron chi connectivity index (χ2n) is 6.12. The summed E-state index contributed by atoms with van der Waals surface area (Å²) in [6.07, 6.45) is 0. The number of hydrogen-bond donors (Lipinski definition) is 1. The zero-order chi connectivity index (χ0) is 18.8. The smallest absolute Gasteiger partial charge is 0.230 e. The number of carbonyl (C=O) groups is 1. The van der Waals surface area contributed by atoms with Crippen molar-refractivity contribution < 1.29 is 18.0 Å². The highest BCUT2D eigenvalue weighted by atomic mass is 19.1. The first-order valence-electron chi connectivity index (χ1n) is 8.42. The first-order chi connectivity index (χ1) is 13.1. The van der Waals surface area contributed by atoms with Crippen molar-refractivity contribution in [2.24, 2.45) is 0 Å². The van der Waals surface area contributed by atoms with Gasteiger partial charge in [0.15, 0.2) is 5.76 Å². The molecule has 0 fully saturated rings. The van der Waals surface area contributed by atoms with E-state index in [-0.39, 0.29) is 17.4 Å².